The lowest BCUT2D eigenvalue weighted by Gasteiger charge is -2.33. The monoisotopic (exact) mass is 406 g/mol. The van der Waals surface area contributed by atoms with Crippen LogP contribution < -0.4 is 4.90 Å². The Labute approximate surface area is 170 Å². The van der Waals surface area contributed by atoms with E-state index < -0.39 is 0 Å². The first-order chi connectivity index (χ1) is 13.4. The molecule has 2 heterocycles. The normalized spacial score (nSPS) is 18.5. The highest BCUT2D eigenvalue weighted by Gasteiger charge is 2.26. The number of carbonyl (C=O) groups is 1. The Morgan fingerprint density at radius 2 is 2.00 bits per heavy atom. The molecule has 1 saturated heterocycles. The molecule has 1 fully saturated rings. The number of hydrogen-bond donors (Lipinski definition) is 1. The van der Waals surface area contributed by atoms with E-state index in [0.29, 0.717) is 17.0 Å². The van der Waals surface area contributed by atoms with Gasteiger partial charge in [-0.1, -0.05) is 11.8 Å². The number of hydrogen-bond acceptors (Lipinski definition) is 4. The van der Waals surface area contributed by atoms with E-state index in [4.69, 9.17) is 0 Å². The summed E-state index contributed by atoms with van der Waals surface area (Å²) in [7, 11) is 4.12. The Morgan fingerprint density at radius 3 is 2.64 bits per heavy atom. The standard InChI is InChI=1S/C20H28FN5OS/c1-14-7-5-6-12-25(14)18(27)13-28-20-23-22-19(15(2)24(3)4)26(20)17-10-8-16(21)9-11-17/h8-11,14-15H,5-7,12-13H2,1-4H3/p+1/t14-,15-/m1/s1. The van der Waals surface area contributed by atoms with Crippen LogP contribution in [0.4, 0.5) is 4.39 Å². The van der Waals surface area contributed by atoms with Gasteiger partial charge in [-0.2, -0.15) is 0 Å². The van der Waals surface area contributed by atoms with Gasteiger partial charge in [-0.05, 0) is 57.4 Å². The van der Waals surface area contributed by atoms with Gasteiger partial charge in [-0.25, -0.2) is 4.39 Å². The van der Waals surface area contributed by atoms with Gasteiger partial charge in [0.25, 0.3) is 0 Å². The Morgan fingerprint density at radius 1 is 1.29 bits per heavy atom. The lowest BCUT2D eigenvalue weighted by molar-refractivity contribution is -0.890. The van der Waals surface area contributed by atoms with Gasteiger partial charge in [0.05, 0.1) is 19.8 Å². The van der Waals surface area contributed by atoms with Crippen molar-refractivity contribution in [2.24, 2.45) is 0 Å². The molecule has 0 spiro atoms. The predicted molar refractivity (Wildman–Crippen MR) is 108 cm³/mol. The molecule has 28 heavy (non-hydrogen) atoms. The molecule has 0 saturated carbocycles. The number of likely N-dealkylation sites (tertiary alicyclic amines) is 1. The number of rotatable bonds is 6. The lowest BCUT2D eigenvalue weighted by Crippen LogP contribution is -3.05. The zero-order valence-corrected chi connectivity index (χ0v) is 17.8. The van der Waals surface area contributed by atoms with Gasteiger partial charge in [0.15, 0.2) is 11.0 Å². The third-order valence-electron chi connectivity index (χ3n) is 5.44. The summed E-state index contributed by atoms with van der Waals surface area (Å²) in [6.07, 6.45) is 3.32. The predicted octanol–water partition coefficient (Wildman–Crippen LogP) is 2.10. The molecule has 1 aromatic heterocycles. The molecule has 0 aliphatic carbocycles. The van der Waals surface area contributed by atoms with E-state index >= 15 is 0 Å². The summed E-state index contributed by atoms with van der Waals surface area (Å²) in [6.45, 7) is 5.02. The van der Waals surface area contributed by atoms with Crippen LogP contribution in [-0.2, 0) is 4.79 Å². The number of nitrogens with one attached hydrogen (secondary N) is 1. The van der Waals surface area contributed by atoms with Crippen LogP contribution in [0.1, 0.15) is 45.0 Å². The van der Waals surface area contributed by atoms with Gasteiger partial charge in [0, 0.05) is 18.3 Å². The van der Waals surface area contributed by atoms with Crippen LogP contribution in [0.25, 0.3) is 5.69 Å². The van der Waals surface area contributed by atoms with E-state index in [9.17, 15) is 9.18 Å². The molecule has 2 aromatic rings. The average molecular weight is 407 g/mol. The van der Waals surface area contributed by atoms with Gasteiger partial charge >= 0.3 is 0 Å². The number of benzene rings is 1. The molecule has 1 aliphatic rings. The van der Waals surface area contributed by atoms with Crippen LogP contribution in [0.2, 0.25) is 0 Å². The third-order valence-corrected chi connectivity index (χ3v) is 6.36. The number of halogens is 1. The zero-order chi connectivity index (χ0) is 20.3. The largest absolute Gasteiger partial charge is 0.339 e. The summed E-state index contributed by atoms with van der Waals surface area (Å²) in [5, 5.41) is 9.41. The van der Waals surface area contributed by atoms with Crippen LogP contribution in [-0.4, -0.2) is 58.0 Å². The minimum absolute atomic E-state index is 0.102. The van der Waals surface area contributed by atoms with E-state index in [-0.39, 0.29) is 17.8 Å². The number of quaternary nitrogens is 1. The summed E-state index contributed by atoms with van der Waals surface area (Å²) in [4.78, 5) is 15.9. The van der Waals surface area contributed by atoms with Crippen LogP contribution in [0.15, 0.2) is 29.4 Å². The maximum atomic E-state index is 13.4. The average Bonchev–Trinajstić information content (AvgIpc) is 3.10. The molecular formula is C20H29FN5OS+. The zero-order valence-electron chi connectivity index (χ0n) is 17.0. The van der Waals surface area contributed by atoms with Crippen LogP contribution in [0.5, 0.6) is 0 Å². The van der Waals surface area contributed by atoms with Crippen molar-refractivity contribution in [3.63, 3.8) is 0 Å². The smallest absolute Gasteiger partial charge is 0.233 e. The SMILES string of the molecule is C[C@@H]1CCCCN1C(=O)CSc1nnc([C@@H](C)[NH+](C)C)n1-c1ccc(F)cc1. The number of amides is 1. The van der Waals surface area contributed by atoms with Crippen molar-refractivity contribution in [3.05, 3.63) is 35.9 Å². The minimum Gasteiger partial charge on any atom is -0.339 e. The Hall–Kier alpha value is -1.93. The molecule has 1 aromatic carbocycles. The molecule has 0 bridgehead atoms. The second-order valence-electron chi connectivity index (χ2n) is 7.67. The van der Waals surface area contributed by atoms with Gasteiger partial charge in [-0.3, -0.25) is 9.36 Å². The topological polar surface area (TPSA) is 55.5 Å². The van der Waals surface area contributed by atoms with Crippen molar-refractivity contribution in [1.82, 2.24) is 19.7 Å². The van der Waals surface area contributed by atoms with E-state index in [1.54, 1.807) is 12.1 Å². The summed E-state index contributed by atoms with van der Waals surface area (Å²) in [6, 6.07) is 6.70. The fourth-order valence-electron chi connectivity index (χ4n) is 3.42. The van der Waals surface area contributed by atoms with Crippen LogP contribution in [0.3, 0.4) is 0 Å². The summed E-state index contributed by atoms with van der Waals surface area (Å²) >= 11 is 1.39. The van der Waals surface area contributed by atoms with Gasteiger partial charge in [-0.15, -0.1) is 10.2 Å². The molecule has 1 amide bonds. The van der Waals surface area contributed by atoms with Crippen molar-refractivity contribution >= 4 is 17.7 Å². The number of piperidine rings is 1. The fourth-order valence-corrected chi connectivity index (χ4v) is 4.27. The minimum atomic E-state index is -0.284. The molecule has 3 rings (SSSR count). The van der Waals surface area contributed by atoms with Crippen molar-refractivity contribution in [3.8, 4) is 5.69 Å². The molecule has 8 heteroatoms. The van der Waals surface area contributed by atoms with Crippen molar-refractivity contribution in [2.75, 3.05) is 26.4 Å². The van der Waals surface area contributed by atoms with Crippen molar-refractivity contribution in [1.29, 1.82) is 0 Å². The maximum absolute atomic E-state index is 13.4. The van der Waals surface area contributed by atoms with Gasteiger partial charge < -0.3 is 9.80 Å². The van der Waals surface area contributed by atoms with Crippen molar-refractivity contribution < 1.29 is 14.1 Å². The van der Waals surface area contributed by atoms with E-state index in [2.05, 4.69) is 38.1 Å². The molecular weight excluding hydrogens is 377 g/mol. The van der Waals surface area contributed by atoms with E-state index in [1.807, 2.05) is 9.47 Å². The summed E-state index contributed by atoms with van der Waals surface area (Å²) < 4.78 is 15.4. The quantitative estimate of drug-likeness (QED) is 0.747. The number of carbonyl (C=O) groups excluding carboxylic acids is 1. The Balaban J connectivity index is 1.84. The maximum Gasteiger partial charge on any atom is 0.233 e. The second kappa shape index (κ2) is 9.05. The fraction of sp³-hybridized carbons (Fsp3) is 0.550. The van der Waals surface area contributed by atoms with Crippen LogP contribution in [0, 0.1) is 5.82 Å². The van der Waals surface area contributed by atoms with Crippen molar-refractivity contribution in [2.45, 2.75) is 50.4 Å². The molecule has 1 aliphatic heterocycles. The molecule has 152 valence electrons. The third kappa shape index (κ3) is 4.55. The molecule has 1 N–H and O–H groups in total. The first-order valence-electron chi connectivity index (χ1n) is 9.82. The van der Waals surface area contributed by atoms with Gasteiger partial charge in [0.1, 0.15) is 11.9 Å². The first kappa shape index (κ1) is 20.8. The molecule has 0 radical (unpaired) electrons. The van der Waals surface area contributed by atoms with E-state index in [1.165, 1.54) is 35.2 Å². The highest BCUT2D eigenvalue weighted by atomic mass is 32.2. The second-order valence-corrected chi connectivity index (χ2v) is 8.61. The Bertz CT molecular complexity index is 807. The summed E-state index contributed by atoms with van der Waals surface area (Å²) in [5.41, 5.74) is 0.802. The first-order valence-corrected chi connectivity index (χ1v) is 10.8. The summed E-state index contributed by atoms with van der Waals surface area (Å²) in [5.74, 6) is 0.979. The highest BCUT2D eigenvalue weighted by Crippen LogP contribution is 2.26. The van der Waals surface area contributed by atoms with Gasteiger partial charge in [0.2, 0.25) is 5.91 Å². The number of thioether (sulfide) groups is 1. The molecule has 0 unspecified atom stereocenters. The number of nitrogens with zero attached hydrogens (tertiary/aromatic N) is 4. The Kier molecular flexibility index (Phi) is 6.72. The van der Waals surface area contributed by atoms with Crippen LogP contribution >= 0.6 is 11.8 Å². The van der Waals surface area contributed by atoms with E-state index in [0.717, 1.165) is 30.9 Å². The lowest BCUT2D eigenvalue weighted by atomic mass is 10.0. The highest BCUT2D eigenvalue weighted by molar-refractivity contribution is 7.99. The molecule has 6 nitrogen and oxygen atoms in total. The molecule has 2 atom stereocenters. The number of aromatic nitrogens is 3.